The fourth-order valence-electron chi connectivity index (χ4n) is 1.47. The van der Waals surface area contributed by atoms with Crippen molar-refractivity contribution in [1.82, 2.24) is 0 Å². The maximum Gasteiger partial charge on any atom is 0.185 e. The molecule has 4 nitrogen and oxygen atoms in total. The molecule has 0 aliphatic rings. The maximum atomic E-state index is 10.5. The number of furan rings is 2. The summed E-state index contributed by atoms with van der Waals surface area (Å²) in [7, 11) is 0. The van der Waals surface area contributed by atoms with Crippen LogP contribution < -0.4 is 0 Å². The zero-order valence-electron chi connectivity index (χ0n) is 8.67. The van der Waals surface area contributed by atoms with Gasteiger partial charge in [0.2, 0.25) is 0 Å². The van der Waals surface area contributed by atoms with Crippen molar-refractivity contribution < 1.29 is 18.4 Å². The monoisotopic (exact) mass is 218 g/mol. The standard InChI is InChI=1S/C12H10O4/c1-8(11-4-2-9(6-13)15-11)12-5-3-10(7-14)16-12/h2-8H,1H3. The maximum absolute atomic E-state index is 10.5. The van der Waals surface area contributed by atoms with Gasteiger partial charge in [-0.2, -0.15) is 0 Å². The molecule has 0 unspecified atom stereocenters. The summed E-state index contributed by atoms with van der Waals surface area (Å²) in [5, 5.41) is 0. The van der Waals surface area contributed by atoms with Crippen LogP contribution in [0.4, 0.5) is 0 Å². The van der Waals surface area contributed by atoms with Crippen molar-refractivity contribution in [1.29, 1.82) is 0 Å². The summed E-state index contributed by atoms with van der Waals surface area (Å²) in [6.45, 7) is 1.88. The van der Waals surface area contributed by atoms with Gasteiger partial charge in [-0.15, -0.1) is 0 Å². The van der Waals surface area contributed by atoms with Crippen LogP contribution in [0.25, 0.3) is 0 Å². The van der Waals surface area contributed by atoms with E-state index in [0.717, 1.165) is 0 Å². The second-order valence-electron chi connectivity index (χ2n) is 3.44. The lowest BCUT2D eigenvalue weighted by atomic mass is 10.1. The Morgan fingerprint density at radius 1 is 0.938 bits per heavy atom. The summed E-state index contributed by atoms with van der Waals surface area (Å²) in [6.07, 6.45) is 1.30. The van der Waals surface area contributed by atoms with Crippen LogP contribution >= 0.6 is 0 Å². The molecule has 0 aromatic carbocycles. The fourth-order valence-corrected chi connectivity index (χ4v) is 1.47. The van der Waals surface area contributed by atoms with Gasteiger partial charge in [0, 0.05) is 0 Å². The van der Waals surface area contributed by atoms with Crippen molar-refractivity contribution in [3.63, 3.8) is 0 Å². The Morgan fingerprint density at radius 2 is 1.38 bits per heavy atom. The third-order valence-electron chi connectivity index (χ3n) is 2.38. The lowest BCUT2D eigenvalue weighted by molar-refractivity contribution is 0.109. The molecule has 4 heteroatoms. The van der Waals surface area contributed by atoms with Gasteiger partial charge < -0.3 is 8.83 Å². The average Bonchev–Trinajstić information content (AvgIpc) is 2.97. The molecule has 2 heterocycles. The number of hydrogen-bond donors (Lipinski definition) is 0. The zero-order valence-corrected chi connectivity index (χ0v) is 8.67. The molecule has 0 radical (unpaired) electrons. The molecule has 2 aromatic heterocycles. The van der Waals surface area contributed by atoms with E-state index in [2.05, 4.69) is 0 Å². The van der Waals surface area contributed by atoms with E-state index in [-0.39, 0.29) is 17.4 Å². The predicted molar refractivity (Wildman–Crippen MR) is 55.7 cm³/mol. The van der Waals surface area contributed by atoms with E-state index in [0.29, 0.717) is 24.1 Å². The minimum atomic E-state index is -0.123. The van der Waals surface area contributed by atoms with Crippen LogP contribution in [0.1, 0.15) is 45.5 Å². The van der Waals surface area contributed by atoms with Gasteiger partial charge in [-0.3, -0.25) is 9.59 Å². The average molecular weight is 218 g/mol. The van der Waals surface area contributed by atoms with Crippen LogP contribution in [0.15, 0.2) is 33.1 Å². The molecule has 2 rings (SSSR count). The van der Waals surface area contributed by atoms with E-state index in [1.54, 1.807) is 24.3 Å². The van der Waals surface area contributed by atoms with Crippen LogP contribution in [-0.2, 0) is 0 Å². The Bertz CT molecular complexity index is 460. The first kappa shape index (κ1) is 10.4. The van der Waals surface area contributed by atoms with Crippen LogP contribution in [0.3, 0.4) is 0 Å². The molecule has 0 atom stereocenters. The fraction of sp³-hybridized carbons (Fsp3) is 0.167. The molecular formula is C12H10O4. The molecule has 0 aliphatic heterocycles. The topological polar surface area (TPSA) is 60.4 Å². The van der Waals surface area contributed by atoms with Crippen LogP contribution in [0.5, 0.6) is 0 Å². The Labute approximate surface area is 91.9 Å². The third kappa shape index (κ3) is 1.82. The first-order chi connectivity index (χ1) is 7.74. The summed E-state index contributed by atoms with van der Waals surface area (Å²) in [4.78, 5) is 20.9. The second-order valence-corrected chi connectivity index (χ2v) is 3.44. The van der Waals surface area contributed by atoms with Gasteiger partial charge in [-0.05, 0) is 31.2 Å². The first-order valence-electron chi connectivity index (χ1n) is 4.84. The smallest absolute Gasteiger partial charge is 0.185 e. The first-order valence-corrected chi connectivity index (χ1v) is 4.84. The predicted octanol–water partition coefficient (Wildman–Crippen LogP) is 2.65. The highest BCUT2D eigenvalue weighted by molar-refractivity contribution is 5.71. The SMILES string of the molecule is CC(c1ccc(C=O)o1)c1ccc(C=O)o1. The Morgan fingerprint density at radius 3 is 1.69 bits per heavy atom. The molecule has 2 aromatic rings. The van der Waals surface area contributed by atoms with Crippen molar-refractivity contribution in [2.45, 2.75) is 12.8 Å². The van der Waals surface area contributed by atoms with Gasteiger partial charge in [0.25, 0.3) is 0 Å². The number of aldehydes is 2. The van der Waals surface area contributed by atoms with Crippen LogP contribution in [0.2, 0.25) is 0 Å². The van der Waals surface area contributed by atoms with Gasteiger partial charge in [0.05, 0.1) is 5.92 Å². The number of carbonyl (C=O) groups excluding carboxylic acids is 2. The zero-order chi connectivity index (χ0) is 11.5. The number of carbonyl (C=O) groups is 2. The summed E-state index contributed by atoms with van der Waals surface area (Å²) < 4.78 is 10.6. The molecule has 0 amide bonds. The van der Waals surface area contributed by atoms with Gasteiger partial charge in [0.1, 0.15) is 11.5 Å². The molecule has 0 bridgehead atoms. The molecular weight excluding hydrogens is 208 g/mol. The highest BCUT2D eigenvalue weighted by Gasteiger charge is 2.16. The molecule has 0 aliphatic carbocycles. The molecule has 0 spiro atoms. The van der Waals surface area contributed by atoms with Crippen LogP contribution in [-0.4, -0.2) is 12.6 Å². The van der Waals surface area contributed by atoms with E-state index < -0.39 is 0 Å². The Balaban J connectivity index is 2.26. The minimum absolute atomic E-state index is 0.123. The van der Waals surface area contributed by atoms with Crippen molar-refractivity contribution in [2.75, 3.05) is 0 Å². The molecule has 16 heavy (non-hydrogen) atoms. The highest BCUT2D eigenvalue weighted by Crippen LogP contribution is 2.26. The van der Waals surface area contributed by atoms with Crippen LogP contribution in [0, 0.1) is 0 Å². The van der Waals surface area contributed by atoms with E-state index >= 15 is 0 Å². The van der Waals surface area contributed by atoms with E-state index in [9.17, 15) is 9.59 Å². The minimum Gasteiger partial charge on any atom is -0.458 e. The largest absolute Gasteiger partial charge is 0.458 e. The third-order valence-corrected chi connectivity index (χ3v) is 2.38. The lowest BCUT2D eigenvalue weighted by Gasteiger charge is -2.03. The van der Waals surface area contributed by atoms with E-state index in [1.165, 1.54) is 0 Å². The summed E-state index contributed by atoms with van der Waals surface area (Å²) in [6, 6.07) is 6.64. The van der Waals surface area contributed by atoms with Crippen molar-refractivity contribution >= 4 is 12.6 Å². The van der Waals surface area contributed by atoms with E-state index in [1.807, 2.05) is 6.92 Å². The molecule has 82 valence electrons. The quantitative estimate of drug-likeness (QED) is 0.740. The van der Waals surface area contributed by atoms with Gasteiger partial charge in [0.15, 0.2) is 24.1 Å². The number of hydrogen-bond acceptors (Lipinski definition) is 4. The van der Waals surface area contributed by atoms with Crippen molar-refractivity contribution in [3.05, 3.63) is 47.3 Å². The van der Waals surface area contributed by atoms with Crippen molar-refractivity contribution in [2.24, 2.45) is 0 Å². The van der Waals surface area contributed by atoms with Crippen molar-refractivity contribution in [3.8, 4) is 0 Å². The lowest BCUT2D eigenvalue weighted by Crippen LogP contribution is -1.91. The molecule has 0 saturated heterocycles. The van der Waals surface area contributed by atoms with Gasteiger partial charge in [-0.1, -0.05) is 0 Å². The number of rotatable bonds is 4. The van der Waals surface area contributed by atoms with E-state index in [4.69, 9.17) is 8.83 Å². The summed E-state index contributed by atoms with van der Waals surface area (Å²) in [5.74, 6) is 1.71. The molecule has 0 fully saturated rings. The summed E-state index contributed by atoms with van der Waals surface area (Å²) >= 11 is 0. The normalized spacial score (nSPS) is 10.6. The Kier molecular flexibility index (Phi) is 2.72. The molecule has 0 saturated carbocycles. The van der Waals surface area contributed by atoms with Gasteiger partial charge >= 0.3 is 0 Å². The highest BCUT2D eigenvalue weighted by atomic mass is 16.4. The Hall–Kier alpha value is -2.10. The summed E-state index contributed by atoms with van der Waals surface area (Å²) in [5.41, 5.74) is 0. The second kappa shape index (κ2) is 4.18. The molecule has 0 N–H and O–H groups in total. The van der Waals surface area contributed by atoms with Gasteiger partial charge in [-0.25, -0.2) is 0 Å².